The van der Waals surface area contributed by atoms with E-state index in [4.69, 9.17) is 5.26 Å². The van der Waals surface area contributed by atoms with Crippen LogP contribution in [0.4, 0.5) is 0 Å². The van der Waals surface area contributed by atoms with Gasteiger partial charge < -0.3 is 4.57 Å². The van der Waals surface area contributed by atoms with Crippen LogP contribution >= 0.6 is 0 Å². The molecule has 2 heterocycles. The molecule has 0 saturated heterocycles. The molecule has 1 aliphatic rings. The minimum atomic E-state index is 0.801. The molecule has 0 saturated carbocycles. The van der Waals surface area contributed by atoms with Crippen molar-refractivity contribution in [2.75, 3.05) is 0 Å². The van der Waals surface area contributed by atoms with E-state index in [1.54, 1.807) is 0 Å². The SMILES string of the molecule is Cc1ccc2n1-c1cccc(C#N)c1C2. The zero-order chi connectivity index (χ0) is 10.4. The van der Waals surface area contributed by atoms with E-state index in [-0.39, 0.29) is 0 Å². The van der Waals surface area contributed by atoms with E-state index < -0.39 is 0 Å². The summed E-state index contributed by atoms with van der Waals surface area (Å²) in [6, 6.07) is 12.4. The molecule has 15 heavy (non-hydrogen) atoms. The number of hydrogen-bond acceptors (Lipinski definition) is 1. The predicted octanol–water partition coefficient (Wildman–Crippen LogP) is 2.56. The van der Waals surface area contributed by atoms with Crippen LogP contribution in [0.2, 0.25) is 0 Å². The van der Waals surface area contributed by atoms with E-state index in [1.807, 2.05) is 12.1 Å². The lowest BCUT2D eigenvalue weighted by atomic mass is 10.0. The Balaban J connectivity index is 2.34. The van der Waals surface area contributed by atoms with Gasteiger partial charge in [-0.1, -0.05) is 6.07 Å². The van der Waals surface area contributed by atoms with Crippen LogP contribution in [0.15, 0.2) is 30.3 Å². The number of benzene rings is 1. The van der Waals surface area contributed by atoms with Gasteiger partial charge in [0.25, 0.3) is 0 Å². The quantitative estimate of drug-likeness (QED) is 0.540. The zero-order valence-corrected chi connectivity index (χ0v) is 8.49. The largest absolute Gasteiger partial charge is 0.318 e. The summed E-state index contributed by atoms with van der Waals surface area (Å²) in [6.07, 6.45) is 0.882. The maximum absolute atomic E-state index is 9.03. The molecule has 2 aromatic rings. The fourth-order valence-corrected chi connectivity index (χ4v) is 2.33. The fourth-order valence-electron chi connectivity index (χ4n) is 2.33. The molecule has 72 valence electrons. The van der Waals surface area contributed by atoms with Crippen molar-refractivity contribution in [2.24, 2.45) is 0 Å². The van der Waals surface area contributed by atoms with E-state index in [2.05, 4.69) is 35.8 Å². The number of rotatable bonds is 0. The Morgan fingerprint density at radius 3 is 2.93 bits per heavy atom. The van der Waals surface area contributed by atoms with Crippen LogP contribution in [0.25, 0.3) is 5.69 Å². The van der Waals surface area contributed by atoms with Crippen molar-refractivity contribution < 1.29 is 0 Å². The summed E-state index contributed by atoms with van der Waals surface area (Å²) < 4.78 is 2.23. The van der Waals surface area contributed by atoms with Gasteiger partial charge in [0, 0.05) is 17.8 Å². The average Bonchev–Trinajstić information content (AvgIpc) is 2.78. The van der Waals surface area contributed by atoms with Gasteiger partial charge in [-0.05, 0) is 36.8 Å². The van der Waals surface area contributed by atoms with Crippen molar-refractivity contribution in [3.8, 4) is 11.8 Å². The van der Waals surface area contributed by atoms with Crippen LogP contribution in [0.3, 0.4) is 0 Å². The first-order chi connectivity index (χ1) is 7.31. The van der Waals surface area contributed by atoms with Gasteiger partial charge >= 0.3 is 0 Å². The fraction of sp³-hybridized carbons (Fsp3) is 0.154. The van der Waals surface area contributed by atoms with Gasteiger partial charge in [0.15, 0.2) is 0 Å². The van der Waals surface area contributed by atoms with Crippen molar-refractivity contribution in [1.29, 1.82) is 5.26 Å². The lowest BCUT2D eigenvalue weighted by Crippen LogP contribution is -1.94. The van der Waals surface area contributed by atoms with Gasteiger partial charge in [-0.25, -0.2) is 0 Å². The average molecular weight is 194 g/mol. The van der Waals surface area contributed by atoms with Crippen LogP contribution in [0, 0.1) is 18.3 Å². The van der Waals surface area contributed by atoms with Crippen molar-refractivity contribution in [2.45, 2.75) is 13.3 Å². The van der Waals surface area contributed by atoms with E-state index in [0.717, 1.165) is 12.0 Å². The van der Waals surface area contributed by atoms with E-state index in [0.29, 0.717) is 0 Å². The van der Waals surface area contributed by atoms with Crippen molar-refractivity contribution >= 4 is 0 Å². The molecule has 0 spiro atoms. The molecule has 0 N–H and O–H groups in total. The van der Waals surface area contributed by atoms with E-state index in [1.165, 1.54) is 22.6 Å². The van der Waals surface area contributed by atoms with Gasteiger partial charge in [-0.2, -0.15) is 5.26 Å². The molecule has 0 unspecified atom stereocenters. The Hall–Kier alpha value is -2.01. The molecular formula is C13H10N2. The highest BCUT2D eigenvalue weighted by atomic mass is 15.0. The summed E-state index contributed by atoms with van der Waals surface area (Å²) >= 11 is 0. The topological polar surface area (TPSA) is 28.7 Å². The lowest BCUT2D eigenvalue weighted by Gasteiger charge is -2.05. The first-order valence-corrected chi connectivity index (χ1v) is 5.01. The van der Waals surface area contributed by atoms with Crippen molar-refractivity contribution in [1.82, 2.24) is 4.57 Å². The van der Waals surface area contributed by atoms with Crippen LogP contribution in [0.1, 0.15) is 22.5 Å². The second-order valence-electron chi connectivity index (χ2n) is 3.89. The smallest absolute Gasteiger partial charge is 0.0995 e. The monoisotopic (exact) mass is 194 g/mol. The van der Waals surface area contributed by atoms with Gasteiger partial charge in [0.1, 0.15) is 0 Å². The summed E-state index contributed by atoms with van der Waals surface area (Å²) in [4.78, 5) is 0. The maximum atomic E-state index is 9.03. The third-order valence-corrected chi connectivity index (χ3v) is 3.03. The van der Waals surface area contributed by atoms with E-state index in [9.17, 15) is 0 Å². The normalized spacial score (nSPS) is 12.0. The van der Waals surface area contributed by atoms with Gasteiger partial charge in [0.05, 0.1) is 17.3 Å². The number of fused-ring (bicyclic) bond motifs is 3. The van der Waals surface area contributed by atoms with E-state index >= 15 is 0 Å². The minimum absolute atomic E-state index is 0.801. The summed E-state index contributed by atoms with van der Waals surface area (Å²) in [5.74, 6) is 0. The molecule has 2 heteroatoms. The Kier molecular flexibility index (Phi) is 1.52. The van der Waals surface area contributed by atoms with Crippen LogP contribution in [-0.4, -0.2) is 4.57 Å². The molecular weight excluding hydrogens is 184 g/mol. The van der Waals surface area contributed by atoms with Crippen LogP contribution in [-0.2, 0) is 6.42 Å². The second kappa shape index (κ2) is 2.74. The summed E-state index contributed by atoms with van der Waals surface area (Å²) in [7, 11) is 0. The highest BCUT2D eigenvalue weighted by Gasteiger charge is 2.21. The Bertz CT molecular complexity index is 585. The Labute approximate surface area is 88.4 Å². The van der Waals surface area contributed by atoms with Gasteiger partial charge in [-0.3, -0.25) is 0 Å². The predicted molar refractivity (Wildman–Crippen MR) is 58.0 cm³/mol. The third kappa shape index (κ3) is 0.977. The highest BCUT2D eigenvalue weighted by Crippen LogP contribution is 2.31. The first kappa shape index (κ1) is 8.31. The minimum Gasteiger partial charge on any atom is -0.318 e. The first-order valence-electron chi connectivity index (χ1n) is 5.01. The number of aryl methyl sites for hydroxylation is 1. The Morgan fingerprint density at radius 1 is 1.27 bits per heavy atom. The molecule has 0 atom stereocenters. The number of nitriles is 1. The molecule has 1 aliphatic heterocycles. The third-order valence-electron chi connectivity index (χ3n) is 3.03. The summed E-state index contributed by atoms with van der Waals surface area (Å²) in [5.41, 5.74) is 5.66. The molecule has 1 aromatic carbocycles. The molecule has 3 rings (SSSR count). The highest BCUT2D eigenvalue weighted by molar-refractivity contribution is 5.58. The molecule has 0 fully saturated rings. The second-order valence-corrected chi connectivity index (χ2v) is 3.89. The van der Waals surface area contributed by atoms with Crippen LogP contribution in [0.5, 0.6) is 0 Å². The number of hydrogen-bond donors (Lipinski definition) is 0. The lowest BCUT2D eigenvalue weighted by molar-refractivity contribution is 0.996. The van der Waals surface area contributed by atoms with Crippen molar-refractivity contribution in [3.63, 3.8) is 0 Å². The maximum Gasteiger partial charge on any atom is 0.0995 e. The Morgan fingerprint density at radius 2 is 2.13 bits per heavy atom. The molecule has 2 nitrogen and oxygen atoms in total. The number of aromatic nitrogens is 1. The number of nitrogens with zero attached hydrogens (tertiary/aromatic N) is 2. The standard InChI is InChI=1S/C13H10N2/c1-9-5-6-11-7-12-10(8-14)3-2-4-13(12)15(9)11/h2-6H,7H2,1H3. The van der Waals surface area contributed by atoms with Crippen molar-refractivity contribution in [3.05, 3.63) is 52.8 Å². The zero-order valence-electron chi connectivity index (χ0n) is 8.49. The van der Waals surface area contributed by atoms with Crippen LogP contribution < -0.4 is 0 Å². The molecule has 0 bridgehead atoms. The summed E-state index contributed by atoms with van der Waals surface area (Å²) in [6.45, 7) is 2.09. The molecule has 1 aromatic heterocycles. The molecule has 0 radical (unpaired) electrons. The van der Waals surface area contributed by atoms with Gasteiger partial charge in [-0.15, -0.1) is 0 Å². The molecule has 0 amide bonds. The van der Waals surface area contributed by atoms with Gasteiger partial charge in [0.2, 0.25) is 0 Å². The summed E-state index contributed by atoms with van der Waals surface area (Å²) in [5, 5.41) is 9.03. The molecule has 0 aliphatic carbocycles.